The lowest BCUT2D eigenvalue weighted by atomic mass is 9.49. The minimum Gasteiger partial charge on any atom is -0.479 e. The van der Waals surface area contributed by atoms with Crippen molar-refractivity contribution in [2.24, 2.45) is 22.7 Å². The van der Waals surface area contributed by atoms with Gasteiger partial charge in [0.05, 0.1) is 5.69 Å². The molecule has 0 radical (unpaired) electrons. The molecule has 4 aliphatic carbocycles. The van der Waals surface area contributed by atoms with Crippen LogP contribution in [0.15, 0.2) is 33.7 Å². The Kier molecular flexibility index (Phi) is 3.10. The highest BCUT2D eigenvalue weighted by Crippen LogP contribution is 2.60. The Bertz CT molecular complexity index is 962. The van der Waals surface area contributed by atoms with E-state index in [1.807, 2.05) is 31.2 Å². The lowest BCUT2D eigenvalue weighted by Crippen LogP contribution is -2.48. The van der Waals surface area contributed by atoms with E-state index in [2.05, 4.69) is 11.1 Å². The van der Waals surface area contributed by atoms with Crippen molar-refractivity contribution in [2.45, 2.75) is 50.9 Å². The number of hydrogen-bond donors (Lipinski definition) is 1. The van der Waals surface area contributed by atoms with Crippen molar-refractivity contribution in [1.82, 2.24) is 4.98 Å². The molecule has 1 aromatic carbocycles. The minimum absolute atomic E-state index is 0.0505. The van der Waals surface area contributed by atoms with Gasteiger partial charge >= 0.3 is 5.95 Å². The molecule has 2 heterocycles. The van der Waals surface area contributed by atoms with Crippen molar-refractivity contribution in [3.8, 4) is 5.95 Å². The van der Waals surface area contributed by atoms with Gasteiger partial charge in [-0.25, -0.2) is 4.98 Å². The first-order chi connectivity index (χ1) is 13.1. The van der Waals surface area contributed by atoms with Gasteiger partial charge in [-0.15, -0.1) is 0 Å². The van der Waals surface area contributed by atoms with Crippen molar-refractivity contribution in [3.05, 3.63) is 41.4 Å². The maximum absolute atomic E-state index is 10.5. The summed E-state index contributed by atoms with van der Waals surface area (Å²) in [6, 6.07) is 8.10. The van der Waals surface area contributed by atoms with Crippen LogP contribution in [0.2, 0.25) is 0 Å². The van der Waals surface area contributed by atoms with Gasteiger partial charge in [0, 0.05) is 22.3 Å². The highest BCUT2D eigenvalue weighted by molar-refractivity contribution is 6.31. The molecule has 7 rings (SSSR count). The first kappa shape index (κ1) is 15.7. The lowest BCUT2D eigenvalue weighted by molar-refractivity contribution is -0.0188. The number of aromatic hydroxyl groups is 1. The third-order valence-electron chi connectivity index (χ3n) is 7.28. The highest BCUT2D eigenvalue weighted by atomic mass is 16.5. The molecule has 0 atom stereocenters. The SMILES string of the molecule is CC1=Nc2ccccc2C1=Cc1nc(C23CC4CC(CC(C4)C2)C3)oc1O. The summed E-state index contributed by atoms with van der Waals surface area (Å²) in [6.07, 6.45) is 9.63. The molecule has 1 aliphatic heterocycles. The second-order valence-corrected chi connectivity index (χ2v) is 9.18. The molecule has 0 amide bonds. The number of nitrogens with zero attached hydrogens (tertiary/aromatic N) is 2. The molecule has 4 heteroatoms. The van der Waals surface area contributed by atoms with Crippen molar-refractivity contribution in [1.29, 1.82) is 0 Å². The van der Waals surface area contributed by atoms with Gasteiger partial charge in [-0.3, -0.25) is 4.99 Å². The number of fused-ring (bicyclic) bond motifs is 1. The van der Waals surface area contributed by atoms with E-state index in [1.165, 1.54) is 38.5 Å². The average molecular weight is 360 g/mol. The molecule has 0 saturated heterocycles. The van der Waals surface area contributed by atoms with E-state index in [0.717, 1.165) is 46.2 Å². The predicted molar refractivity (Wildman–Crippen MR) is 105 cm³/mol. The monoisotopic (exact) mass is 360 g/mol. The van der Waals surface area contributed by atoms with E-state index < -0.39 is 0 Å². The van der Waals surface area contributed by atoms with Crippen molar-refractivity contribution < 1.29 is 9.52 Å². The topological polar surface area (TPSA) is 58.6 Å². The van der Waals surface area contributed by atoms with Gasteiger partial charge < -0.3 is 9.52 Å². The van der Waals surface area contributed by atoms with E-state index in [0.29, 0.717) is 5.69 Å². The largest absolute Gasteiger partial charge is 0.479 e. The highest BCUT2D eigenvalue weighted by Gasteiger charge is 2.54. The number of hydrogen-bond acceptors (Lipinski definition) is 4. The summed E-state index contributed by atoms with van der Waals surface area (Å²) in [5, 5.41) is 10.5. The van der Waals surface area contributed by atoms with Crippen LogP contribution in [-0.4, -0.2) is 15.8 Å². The van der Waals surface area contributed by atoms with Crippen LogP contribution in [0.1, 0.15) is 62.6 Å². The summed E-state index contributed by atoms with van der Waals surface area (Å²) in [6.45, 7) is 2.00. The standard InChI is InChI=1S/C23H24N2O2/c1-13-18(17-4-2-3-5-19(17)24-13)9-20-21(26)27-22(25-20)23-10-14-6-15(11-23)8-16(7-14)12-23/h2-5,9,14-16,26H,6-8,10-12H2,1H3. The summed E-state index contributed by atoms with van der Waals surface area (Å²) in [7, 11) is 0. The van der Waals surface area contributed by atoms with Crippen LogP contribution in [0.3, 0.4) is 0 Å². The van der Waals surface area contributed by atoms with E-state index in [1.54, 1.807) is 0 Å². The number of benzene rings is 1. The first-order valence-corrected chi connectivity index (χ1v) is 10.2. The van der Waals surface area contributed by atoms with E-state index >= 15 is 0 Å². The number of allylic oxidation sites excluding steroid dienone is 1. The normalized spacial score (nSPS) is 34.9. The third kappa shape index (κ3) is 2.28. The average Bonchev–Trinajstić information content (AvgIpc) is 3.15. The Hall–Kier alpha value is -2.36. The zero-order valence-corrected chi connectivity index (χ0v) is 15.6. The minimum atomic E-state index is -0.0505. The quantitative estimate of drug-likeness (QED) is 0.770. The molecule has 5 aliphatic rings. The van der Waals surface area contributed by atoms with Gasteiger partial charge in [0.25, 0.3) is 0 Å². The summed E-state index contributed by atoms with van der Waals surface area (Å²) < 4.78 is 5.89. The molecule has 0 spiro atoms. The molecular formula is C23H24N2O2. The third-order valence-corrected chi connectivity index (χ3v) is 7.28. The van der Waals surface area contributed by atoms with E-state index in [-0.39, 0.29) is 11.4 Å². The summed E-state index contributed by atoms with van der Waals surface area (Å²) in [5.41, 5.74) is 4.64. The predicted octanol–water partition coefficient (Wildman–Crippen LogP) is 5.49. The smallest absolute Gasteiger partial charge is 0.310 e. The first-order valence-electron chi connectivity index (χ1n) is 10.2. The second kappa shape index (κ2) is 5.34. The van der Waals surface area contributed by atoms with Crippen molar-refractivity contribution in [3.63, 3.8) is 0 Å². The second-order valence-electron chi connectivity index (χ2n) is 9.18. The Morgan fingerprint density at radius 3 is 2.44 bits per heavy atom. The van der Waals surface area contributed by atoms with Gasteiger partial charge in [-0.2, -0.15) is 0 Å². The molecular weight excluding hydrogens is 336 g/mol. The molecule has 27 heavy (non-hydrogen) atoms. The van der Waals surface area contributed by atoms with Crippen LogP contribution in [0.5, 0.6) is 5.95 Å². The number of aromatic nitrogens is 1. The Balaban J connectivity index is 1.40. The molecule has 1 aromatic heterocycles. The Labute approximate surface area is 159 Å². The Morgan fingerprint density at radius 2 is 1.74 bits per heavy atom. The number of aliphatic imine (C=N–C) groups is 1. The fourth-order valence-electron chi connectivity index (χ4n) is 6.57. The molecule has 4 fully saturated rings. The van der Waals surface area contributed by atoms with Crippen LogP contribution in [0, 0.1) is 17.8 Å². The summed E-state index contributed by atoms with van der Waals surface area (Å²) >= 11 is 0. The fourth-order valence-corrected chi connectivity index (χ4v) is 6.57. The summed E-state index contributed by atoms with van der Waals surface area (Å²) in [5.74, 6) is 3.19. The van der Waals surface area contributed by atoms with Crippen LogP contribution in [0.25, 0.3) is 11.6 Å². The Morgan fingerprint density at radius 1 is 1.07 bits per heavy atom. The molecule has 4 saturated carbocycles. The van der Waals surface area contributed by atoms with Crippen LogP contribution < -0.4 is 0 Å². The zero-order valence-electron chi connectivity index (χ0n) is 15.6. The number of para-hydroxylation sites is 1. The van der Waals surface area contributed by atoms with E-state index in [9.17, 15) is 5.11 Å². The van der Waals surface area contributed by atoms with Gasteiger partial charge in [0.2, 0.25) is 5.89 Å². The molecule has 4 bridgehead atoms. The van der Waals surface area contributed by atoms with Gasteiger partial charge in [-0.05, 0) is 75.3 Å². The molecule has 138 valence electrons. The molecule has 0 unspecified atom stereocenters. The van der Waals surface area contributed by atoms with Crippen LogP contribution >= 0.6 is 0 Å². The lowest BCUT2D eigenvalue weighted by Gasteiger charge is -2.55. The summed E-state index contributed by atoms with van der Waals surface area (Å²) in [4.78, 5) is 9.45. The van der Waals surface area contributed by atoms with Crippen molar-refractivity contribution >= 4 is 23.0 Å². The number of oxazole rings is 1. The van der Waals surface area contributed by atoms with Gasteiger partial charge in [-0.1, -0.05) is 18.2 Å². The number of rotatable bonds is 2. The van der Waals surface area contributed by atoms with Gasteiger partial charge in [0.1, 0.15) is 5.69 Å². The molecule has 1 N–H and O–H groups in total. The maximum Gasteiger partial charge on any atom is 0.310 e. The van der Waals surface area contributed by atoms with Crippen LogP contribution in [0.4, 0.5) is 5.69 Å². The zero-order chi connectivity index (χ0) is 18.2. The van der Waals surface area contributed by atoms with E-state index in [4.69, 9.17) is 9.40 Å². The van der Waals surface area contributed by atoms with Crippen molar-refractivity contribution in [2.75, 3.05) is 0 Å². The fraction of sp³-hybridized carbons (Fsp3) is 0.478. The van der Waals surface area contributed by atoms with Gasteiger partial charge in [0.15, 0.2) is 0 Å². The van der Waals surface area contributed by atoms with Crippen LogP contribution in [-0.2, 0) is 5.41 Å². The maximum atomic E-state index is 10.5. The molecule has 4 nitrogen and oxygen atoms in total. The molecule has 2 aromatic rings.